The molecule has 1 amide bonds. The van der Waals surface area contributed by atoms with E-state index in [1.54, 1.807) is 29.9 Å². The lowest BCUT2D eigenvalue weighted by atomic mass is 10.1. The molecule has 0 saturated heterocycles. The summed E-state index contributed by atoms with van der Waals surface area (Å²) >= 11 is 6.04. The fourth-order valence-corrected chi connectivity index (χ4v) is 2.77. The Kier molecular flexibility index (Phi) is 5.90. The topological polar surface area (TPSA) is 99.3 Å². The molecule has 0 aliphatic carbocycles. The number of aromatic nitrogens is 2. The van der Waals surface area contributed by atoms with Crippen LogP contribution in [0.5, 0.6) is 5.75 Å². The highest BCUT2D eigenvalue weighted by atomic mass is 35.5. The number of nitrogens with zero attached hydrogens (tertiary/aromatic N) is 3. The Bertz CT molecular complexity index is 982. The SMILES string of the molecule is Cn1ncc(Cl)c1CNC(=O)c1cccc(COc2ccc([N+](=O)[O-])cc2)c1. The fourth-order valence-electron chi connectivity index (χ4n) is 2.53. The number of non-ortho nitro benzene ring substituents is 1. The van der Waals surface area contributed by atoms with Crippen molar-refractivity contribution in [1.82, 2.24) is 15.1 Å². The molecular weight excluding hydrogens is 384 g/mol. The van der Waals surface area contributed by atoms with Crippen LogP contribution in [0.25, 0.3) is 0 Å². The van der Waals surface area contributed by atoms with Crippen LogP contribution < -0.4 is 10.1 Å². The summed E-state index contributed by atoms with van der Waals surface area (Å²) in [6.07, 6.45) is 1.53. The summed E-state index contributed by atoms with van der Waals surface area (Å²) in [5, 5.41) is 18.0. The average molecular weight is 401 g/mol. The predicted molar refractivity (Wildman–Crippen MR) is 103 cm³/mol. The molecule has 144 valence electrons. The number of benzene rings is 2. The van der Waals surface area contributed by atoms with Gasteiger partial charge in [0, 0.05) is 24.7 Å². The summed E-state index contributed by atoms with van der Waals surface area (Å²) in [6, 6.07) is 12.9. The molecule has 0 fully saturated rings. The lowest BCUT2D eigenvalue weighted by molar-refractivity contribution is -0.384. The average Bonchev–Trinajstić information content (AvgIpc) is 3.02. The van der Waals surface area contributed by atoms with Gasteiger partial charge in [0.25, 0.3) is 11.6 Å². The van der Waals surface area contributed by atoms with Gasteiger partial charge in [0.15, 0.2) is 0 Å². The smallest absolute Gasteiger partial charge is 0.269 e. The van der Waals surface area contributed by atoms with Gasteiger partial charge >= 0.3 is 0 Å². The number of carbonyl (C=O) groups excluding carboxylic acids is 1. The van der Waals surface area contributed by atoms with Gasteiger partial charge in [0.1, 0.15) is 12.4 Å². The molecule has 3 rings (SSSR count). The molecule has 0 unspecified atom stereocenters. The Morgan fingerprint density at radius 2 is 2.04 bits per heavy atom. The van der Waals surface area contributed by atoms with E-state index < -0.39 is 4.92 Å². The minimum absolute atomic E-state index is 0.000422. The normalized spacial score (nSPS) is 10.5. The van der Waals surface area contributed by atoms with Gasteiger partial charge in [-0.15, -0.1) is 0 Å². The van der Waals surface area contributed by atoms with Crippen molar-refractivity contribution >= 4 is 23.2 Å². The second-order valence-corrected chi connectivity index (χ2v) is 6.39. The Balaban J connectivity index is 1.60. The lowest BCUT2D eigenvalue weighted by Crippen LogP contribution is -2.24. The zero-order valence-electron chi connectivity index (χ0n) is 15.0. The molecule has 0 bridgehead atoms. The molecule has 28 heavy (non-hydrogen) atoms. The van der Waals surface area contributed by atoms with Gasteiger partial charge in [-0.05, 0) is 29.8 Å². The summed E-state index contributed by atoms with van der Waals surface area (Å²) in [5.74, 6) is 0.265. The third kappa shape index (κ3) is 4.66. The first-order chi connectivity index (χ1) is 13.4. The van der Waals surface area contributed by atoms with Gasteiger partial charge < -0.3 is 10.1 Å². The van der Waals surface area contributed by atoms with Crippen LogP contribution in [0.3, 0.4) is 0 Å². The number of carbonyl (C=O) groups is 1. The maximum absolute atomic E-state index is 12.4. The predicted octanol–water partition coefficient (Wildman–Crippen LogP) is 3.49. The first-order valence-electron chi connectivity index (χ1n) is 8.35. The molecule has 0 saturated carbocycles. The van der Waals surface area contributed by atoms with E-state index in [1.807, 2.05) is 6.07 Å². The van der Waals surface area contributed by atoms with E-state index in [9.17, 15) is 14.9 Å². The molecule has 1 aromatic heterocycles. The van der Waals surface area contributed by atoms with Crippen molar-refractivity contribution in [2.75, 3.05) is 0 Å². The summed E-state index contributed by atoms with van der Waals surface area (Å²) < 4.78 is 7.24. The molecule has 0 aliphatic rings. The summed E-state index contributed by atoms with van der Waals surface area (Å²) in [6.45, 7) is 0.490. The minimum atomic E-state index is -0.468. The van der Waals surface area contributed by atoms with E-state index in [0.29, 0.717) is 22.0 Å². The number of halogens is 1. The van der Waals surface area contributed by atoms with E-state index in [2.05, 4.69) is 10.4 Å². The van der Waals surface area contributed by atoms with Gasteiger partial charge in [-0.1, -0.05) is 23.7 Å². The van der Waals surface area contributed by atoms with Crippen LogP contribution in [0.15, 0.2) is 54.7 Å². The molecule has 0 radical (unpaired) electrons. The number of ether oxygens (including phenoxy) is 1. The highest BCUT2D eigenvalue weighted by molar-refractivity contribution is 6.31. The van der Waals surface area contributed by atoms with E-state index in [4.69, 9.17) is 16.3 Å². The van der Waals surface area contributed by atoms with E-state index >= 15 is 0 Å². The number of nitro groups is 1. The Labute approximate surface area is 165 Å². The maximum Gasteiger partial charge on any atom is 0.269 e. The van der Waals surface area contributed by atoms with Crippen molar-refractivity contribution in [2.45, 2.75) is 13.2 Å². The van der Waals surface area contributed by atoms with Crippen LogP contribution in [-0.4, -0.2) is 20.6 Å². The van der Waals surface area contributed by atoms with Gasteiger partial charge in [0.05, 0.1) is 28.4 Å². The van der Waals surface area contributed by atoms with Crippen molar-refractivity contribution in [3.63, 3.8) is 0 Å². The summed E-state index contributed by atoms with van der Waals surface area (Å²) in [7, 11) is 1.75. The van der Waals surface area contributed by atoms with Gasteiger partial charge in [-0.2, -0.15) is 5.10 Å². The number of rotatable bonds is 7. The molecule has 0 atom stereocenters. The highest BCUT2D eigenvalue weighted by Gasteiger charge is 2.11. The number of aryl methyl sites for hydroxylation is 1. The van der Waals surface area contributed by atoms with Crippen LogP contribution in [0, 0.1) is 10.1 Å². The van der Waals surface area contributed by atoms with Crippen LogP contribution in [0.1, 0.15) is 21.6 Å². The zero-order valence-corrected chi connectivity index (χ0v) is 15.7. The number of amides is 1. The molecule has 3 aromatic rings. The van der Waals surface area contributed by atoms with Crippen molar-refractivity contribution in [3.05, 3.63) is 86.7 Å². The molecular formula is C19H17ClN4O4. The lowest BCUT2D eigenvalue weighted by Gasteiger charge is -2.09. The van der Waals surface area contributed by atoms with Gasteiger partial charge in [0.2, 0.25) is 0 Å². The number of nitro benzene ring substituents is 1. The molecule has 1 heterocycles. The Hall–Kier alpha value is -3.39. The third-order valence-corrected chi connectivity index (χ3v) is 4.38. The fraction of sp³-hybridized carbons (Fsp3) is 0.158. The quantitative estimate of drug-likeness (QED) is 0.483. The number of hydrogen-bond donors (Lipinski definition) is 1. The number of nitrogens with one attached hydrogen (secondary N) is 1. The molecule has 0 spiro atoms. The van der Waals surface area contributed by atoms with Crippen molar-refractivity contribution < 1.29 is 14.5 Å². The third-order valence-electron chi connectivity index (χ3n) is 4.07. The van der Waals surface area contributed by atoms with E-state index in [0.717, 1.165) is 5.56 Å². The van der Waals surface area contributed by atoms with Crippen molar-refractivity contribution in [3.8, 4) is 5.75 Å². The maximum atomic E-state index is 12.4. The highest BCUT2D eigenvalue weighted by Crippen LogP contribution is 2.19. The van der Waals surface area contributed by atoms with Crippen molar-refractivity contribution in [1.29, 1.82) is 0 Å². The molecule has 0 aliphatic heterocycles. The Morgan fingerprint density at radius 1 is 1.29 bits per heavy atom. The largest absolute Gasteiger partial charge is 0.489 e. The molecule has 8 nitrogen and oxygen atoms in total. The van der Waals surface area contributed by atoms with Gasteiger partial charge in [-0.25, -0.2) is 0 Å². The van der Waals surface area contributed by atoms with Crippen LogP contribution in [0.4, 0.5) is 5.69 Å². The second-order valence-electron chi connectivity index (χ2n) is 5.99. The first-order valence-corrected chi connectivity index (χ1v) is 8.72. The monoisotopic (exact) mass is 400 g/mol. The standard InChI is InChI=1S/C19H17ClN4O4/c1-23-18(17(20)10-22-23)11-21-19(25)14-4-2-3-13(9-14)12-28-16-7-5-15(6-8-16)24(26)27/h2-10H,11-12H2,1H3,(H,21,25). The molecule has 9 heteroatoms. The van der Waals surface area contributed by atoms with Crippen LogP contribution >= 0.6 is 11.6 Å². The summed E-state index contributed by atoms with van der Waals surface area (Å²) in [4.78, 5) is 22.6. The summed E-state index contributed by atoms with van der Waals surface area (Å²) in [5.41, 5.74) is 2.00. The molecule has 2 aromatic carbocycles. The minimum Gasteiger partial charge on any atom is -0.489 e. The number of hydrogen-bond acceptors (Lipinski definition) is 5. The van der Waals surface area contributed by atoms with Gasteiger partial charge in [-0.3, -0.25) is 19.6 Å². The zero-order chi connectivity index (χ0) is 20.1. The Morgan fingerprint density at radius 3 is 2.68 bits per heavy atom. The second kappa shape index (κ2) is 8.53. The van der Waals surface area contributed by atoms with Crippen LogP contribution in [-0.2, 0) is 20.2 Å². The van der Waals surface area contributed by atoms with Crippen LogP contribution in [0.2, 0.25) is 5.02 Å². The molecule has 1 N–H and O–H groups in total. The van der Waals surface area contributed by atoms with E-state index in [1.165, 1.54) is 30.5 Å². The van der Waals surface area contributed by atoms with Crippen molar-refractivity contribution in [2.24, 2.45) is 7.05 Å². The van der Waals surface area contributed by atoms with E-state index in [-0.39, 0.29) is 24.7 Å². The first kappa shape index (κ1) is 19.4.